The van der Waals surface area contributed by atoms with Crippen molar-refractivity contribution in [1.29, 1.82) is 0 Å². The van der Waals surface area contributed by atoms with Gasteiger partial charge in [0.15, 0.2) is 0 Å². The minimum Gasteiger partial charge on any atom is -0.468 e. The number of benzene rings is 1. The molecule has 1 N–H and O–H groups in total. The van der Waals surface area contributed by atoms with E-state index in [4.69, 9.17) is 16.3 Å². The zero-order valence-electron chi connectivity index (χ0n) is 10.7. The molecule has 0 spiro atoms. The molecule has 1 aliphatic carbocycles. The molecule has 18 heavy (non-hydrogen) atoms. The standard InChI is InChI=1S/C14H18ClNO2/c1-9(14(17)18-2)16-13-7-11(8-13)10-3-5-12(15)6-4-10/h3-6,9,11,13,16H,7-8H2,1-2H3/t9-,11?,13?/m0/s1. The number of carbonyl (C=O) groups is 1. The summed E-state index contributed by atoms with van der Waals surface area (Å²) < 4.78 is 4.69. The number of esters is 1. The normalized spacial score (nSPS) is 24.2. The van der Waals surface area contributed by atoms with E-state index >= 15 is 0 Å². The Kier molecular flexibility index (Phi) is 4.25. The molecular formula is C14H18ClNO2. The molecule has 0 heterocycles. The number of ether oxygens (including phenoxy) is 1. The van der Waals surface area contributed by atoms with Crippen LogP contribution in [0.2, 0.25) is 5.02 Å². The molecule has 1 aliphatic rings. The molecule has 2 rings (SSSR count). The summed E-state index contributed by atoms with van der Waals surface area (Å²) in [6.07, 6.45) is 2.12. The van der Waals surface area contributed by atoms with Crippen LogP contribution in [0.4, 0.5) is 0 Å². The maximum Gasteiger partial charge on any atom is 0.322 e. The van der Waals surface area contributed by atoms with Gasteiger partial charge < -0.3 is 10.1 Å². The second-order valence-corrected chi connectivity index (χ2v) is 5.26. The van der Waals surface area contributed by atoms with E-state index in [1.165, 1.54) is 12.7 Å². The predicted molar refractivity (Wildman–Crippen MR) is 71.8 cm³/mol. The zero-order chi connectivity index (χ0) is 13.1. The van der Waals surface area contributed by atoms with E-state index in [0.29, 0.717) is 12.0 Å². The highest BCUT2D eigenvalue weighted by molar-refractivity contribution is 6.30. The van der Waals surface area contributed by atoms with Crippen LogP contribution in [0.1, 0.15) is 31.2 Å². The summed E-state index contributed by atoms with van der Waals surface area (Å²) in [6, 6.07) is 8.18. The Morgan fingerprint density at radius 1 is 1.39 bits per heavy atom. The van der Waals surface area contributed by atoms with Crippen molar-refractivity contribution in [3.05, 3.63) is 34.9 Å². The summed E-state index contributed by atoms with van der Waals surface area (Å²) in [5.74, 6) is 0.370. The summed E-state index contributed by atoms with van der Waals surface area (Å²) in [4.78, 5) is 11.3. The highest BCUT2D eigenvalue weighted by Crippen LogP contribution is 2.37. The first kappa shape index (κ1) is 13.4. The molecule has 0 saturated heterocycles. The lowest BCUT2D eigenvalue weighted by Gasteiger charge is -2.37. The molecule has 1 aromatic rings. The third-order valence-corrected chi connectivity index (χ3v) is 3.77. The van der Waals surface area contributed by atoms with Gasteiger partial charge in [0.2, 0.25) is 0 Å². The van der Waals surface area contributed by atoms with E-state index in [-0.39, 0.29) is 12.0 Å². The molecule has 0 amide bonds. The highest BCUT2D eigenvalue weighted by atomic mass is 35.5. The van der Waals surface area contributed by atoms with Crippen LogP contribution in [0.25, 0.3) is 0 Å². The lowest BCUT2D eigenvalue weighted by atomic mass is 9.75. The van der Waals surface area contributed by atoms with Crippen LogP contribution in [-0.4, -0.2) is 25.2 Å². The lowest BCUT2D eigenvalue weighted by molar-refractivity contribution is -0.143. The van der Waals surface area contributed by atoms with Crippen molar-refractivity contribution in [1.82, 2.24) is 5.32 Å². The molecule has 1 saturated carbocycles. The van der Waals surface area contributed by atoms with Gasteiger partial charge in [0, 0.05) is 11.1 Å². The van der Waals surface area contributed by atoms with Gasteiger partial charge in [-0.1, -0.05) is 23.7 Å². The first-order valence-electron chi connectivity index (χ1n) is 6.19. The Labute approximate surface area is 112 Å². The van der Waals surface area contributed by atoms with Crippen molar-refractivity contribution in [3.8, 4) is 0 Å². The van der Waals surface area contributed by atoms with Crippen molar-refractivity contribution >= 4 is 17.6 Å². The van der Waals surface area contributed by atoms with Gasteiger partial charge in [-0.05, 0) is 43.4 Å². The van der Waals surface area contributed by atoms with Gasteiger partial charge in [-0.25, -0.2) is 0 Å². The molecule has 4 heteroatoms. The summed E-state index contributed by atoms with van der Waals surface area (Å²) in [5.41, 5.74) is 1.32. The van der Waals surface area contributed by atoms with Crippen LogP contribution < -0.4 is 5.32 Å². The Bertz CT molecular complexity index is 412. The van der Waals surface area contributed by atoms with Gasteiger partial charge in [0.05, 0.1) is 7.11 Å². The molecule has 0 unspecified atom stereocenters. The van der Waals surface area contributed by atoms with E-state index in [0.717, 1.165) is 17.9 Å². The van der Waals surface area contributed by atoms with Crippen LogP contribution >= 0.6 is 11.6 Å². The van der Waals surface area contributed by atoms with Crippen LogP contribution in [-0.2, 0) is 9.53 Å². The molecule has 0 radical (unpaired) electrons. The van der Waals surface area contributed by atoms with Gasteiger partial charge in [0.1, 0.15) is 6.04 Å². The van der Waals surface area contributed by atoms with Crippen molar-refractivity contribution in [3.63, 3.8) is 0 Å². The minimum atomic E-state index is -0.230. The number of methoxy groups -OCH3 is 1. The molecule has 1 atom stereocenters. The smallest absolute Gasteiger partial charge is 0.322 e. The van der Waals surface area contributed by atoms with E-state index in [1.807, 2.05) is 19.1 Å². The van der Waals surface area contributed by atoms with Crippen molar-refractivity contribution in [2.24, 2.45) is 0 Å². The summed E-state index contributed by atoms with van der Waals surface area (Å²) >= 11 is 5.86. The zero-order valence-corrected chi connectivity index (χ0v) is 11.4. The first-order valence-corrected chi connectivity index (χ1v) is 6.57. The fourth-order valence-electron chi connectivity index (χ4n) is 2.36. The van der Waals surface area contributed by atoms with Crippen LogP contribution in [0, 0.1) is 0 Å². The van der Waals surface area contributed by atoms with Crippen LogP contribution in [0.3, 0.4) is 0 Å². The van der Waals surface area contributed by atoms with Gasteiger partial charge in [-0.15, -0.1) is 0 Å². The molecule has 1 fully saturated rings. The number of nitrogens with one attached hydrogen (secondary N) is 1. The summed E-state index contributed by atoms with van der Waals surface area (Å²) in [6.45, 7) is 1.83. The average molecular weight is 268 g/mol. The van der Waals surface area contributed by atoms with Crippen LogP contribution in [0.5, 0.6) is 0 Å². The van der Waals surface area contributed by atoms with E-state index in [1.54, 1.807) is 0 Å². The molecule has 0 bridgehead atoms. The minimum absolute atomic E-state index is 0.204. The Morgan fingerprint density at radius 2 is 2.00 bits per heavy atom. The first-order chi connectivity index (χ1) is 8.60. The fraction of sp³-hybridized carbons (Fsp3) is 0.500. The number of hydrogen-bond acceptors (Lipinski definition) is 3. The molecule has 1 aromatic carbocycles. The van der Waals surface area contributed by atoms with Gasteiger partial charge in [0.25, 0.3) is 0 Å². The largest absolute Gasteiger partial charge is 0.468 e. The molecule has 0 aromatic heterocycles. The molecule has 0 aliphatic heterocycles. The van der Waals surface area contributed by atoms with Crippen molar-refractivity contribution < 1.29 is 9.53 Å². The van der Waals surface area contributed by atoms with Crippen molar-refractivity contribution in [2.45, 2.75) is 37.8 Å². The third-order valence-electron chi connectivity index (χ3n) is 3.52. The van der Waals surface area contributed by atoms with E-state index in [9.17, 15) is 4.79 Å². The second kappa shape index (κ2) is 5.72. The third kappa shape index (κ3) is 3.03. The quantitative estimate of drug-likeness (QED) is 0.853. The Hall–Kier alpha value is -1.06. The summed E-state index contributed by atoms with van der Waals surface area (Å²) in [7, 11) is 1.41. The number of halogens is 1. The SMILES string of the molecule is COC(=O)[C@H](C)NC1CC(c2ccc(Cl)cc2)C1. The van der Waals surface area contributed by atoms with E-state index in [2.05, 4.69) is 17.4 Å². The highest BCUT2D eigenvalue weighted by Gasteiger charge is 2.32. The monoisotopic (exact) mass is 267 g/mol. The maximum absolute atomic E-state index is 11.3. The second-order valence-electron chi connectivity index (χ2n) is 4.83. The molecular weight excluding hydrogens is 250 g/mol. The predicted octanol–water partition coefficient (Wildman–Crippen LogP) is 2.74. The molecule has 98 valence electrons. The van der Waals surface area contributed by atoms with Crippen molar-refractivity contribution in [2.75, 3.05) is 7.11 Å². The lowest BCUT2D eigenvalue weighted by Crippen LogP contribution is -2.47. The number of hydrogen-bond donors (Lipinski definition) is 1. The maximum atomic E-state index is 11.3. The van der Waals surface area contributed by atoms with Gasteiger partial charge >= 0.3 is 5.97 Å². The number of carbonyl (C=O) groups excluding carboxylic acids is 1. The van der Waals surface area contributed by atoms with Gasteiger partial charge in [-0.3, -0.25) is 4.79 Å². The summed E-state index contributed by atoms with van der Waals surface area (Å²) in [5, 5.41) is 4.05. The van der Waals surface area contributed by atoms with Crippen LogP contribution in [0.15, 0.2) is 24.3 Å². The number of rotatable bonds is 4. The fourth-order valence-corrected chi connectivity index (χ4v) is 2.49. The Morgan fingerprint density at radius 3 is 2.56 bits per heavy atom. The Balaban J connectivity index is 1.80. The average Bonchev–Trinajstić information content (AvgIpc) is 2.33. The van der Waals surface area contributed by atoms with Gasteiger partial charge in [-0.2, -0.15) is 0 Å². The van der Waals surface area contributed by atoms with E-state index < -0.39 is 0 Å². The topological polar surface area (TPSA) is 38.3 Å². The molecule has 3 nitrogen and oxygen atoms in total.